The molecule has 2 heterocycles. The summed E-state index contributed by atoms with van der Waals surface area (Å²) in [4.78, 5) is 32.4. The van der Waals surface area contributed by atoms with E-state index in [1.165, 1.54) is 4.90 Å². The van der Waals surface area contributed by atoms with Gasteiger partial charge in [-0.2, -0.15) is 0 Å². The van der Waals surface area contributed by atoms with Crippen molar-refractivity contribution in [1.82, 2.24) is 4.98 Å². The third-order valence-electron chi connectivity index (χ3n) is 5.60. The molecule has 1 aliphatic rings. The van der Waals surface area contributed by atoms with Crippen molar-refractivity contribution in [2.75, 3.05) is 31.0 Å². The monoisotopic (exact) mass is 481 g/mol. The standard InChI is InChI=1S/C25H27N3O5S/c1-15(24(29)26-18-6-8-19(32-4)9-7-18)28-21-13-17(5-10-22(21)33-16(2)25(28)30)20-14-34-23(27-20)11-12-31-3/h5-10,13-16H,11-12H2,1-4H3,(H,26,29). The van der Waals surface area contributed by atoms with Gasteiger partial charge in [0.2, 0.25) is 5.91 Å². The van der Waals surface area contributed by atoms with Crippen molar-refractivity contribution in [3.63, 3.8) is 0 Å². The number of hydrogen-bond acceptors (Lipinski definition) is 7. The molecule has 4 rings (SSSR count). The Morgan fingerprint density at radius 3 is 2.71 bits per heavy atom. The summed E-state index contributed by atoms with van der Waals surface area (Å²) in [5.41, 5.74) is 2.81. The van der Waals surface area contributed by atoms with E-state index in [0.717, 1.165) is 22.7 Å². The smallest absolute Gasteiger partial charge is 0.268 e. The highest BCUT2D eigenvalue weighted by Crippen LogP contribution is 2.39. The molecule has 9 heteroatoms. The van der Waals surface area contributed by atoms with Gasteiger partial charge in [0.15, 0.2) is 6.10 Å². The van der Waals surface area contributed by atoms with Crippen molar-refractivity contribution in [2.45, 2.75) is 32.4 Å². The van der Waals surface area contributed by atoms with Crippen LogP contribution in [0.4, 0.5) is 11.4 Å². The van der Waals surface area contributed by atoms with Crippen LogP contribution in [-0.4, -0.2) is 49.8 Å². The number of thiazole rings is 1. The first kappa shape index (κ1) is 23.7. The lowest BCUT2D eigenvalue weighted by Gasteiger charge is -2.36. The van der Waals surface area contributed by atoms with E-state index in [-0.39, 0.29) is 11.8 Å². The summed E-state index contributed by atoms with van der Waals surface area (Å²) in [7, 11) is 3.25. The van der Waals surface area contributed by atoms with Crippen LogP contribution >= 0.6 is 11.3 Å². The number of anilines is 2. The van der Waals surface area contributed by atoms with Gasteiger partial charge in [-0.15, -0.1) is 11.3 Å². The molecule has 34 heavy (non-hydrogen) atoms. The second-order valence-corrected chi connectivity index (χ2v) is 8.86. The summed E-state index contributed by atoms with van der Waals surface area (Å²) < 4.78 is 16.1. The predicted molar refractivity (Wildman–Crippen MR) is 132 cm³/mol. The summed E-state index contributed by atoms with van der Waals surface area (Å²) in [5.74, 6) is 0.660. The summed E-state index contributed by atoms with van der Waals surface area (Å²) in [5, 5.41) is 5.82. The number of amides is 2. The summed E-state index contributed by atoms with van der Waals surface area (Å²) in [6.45, 7) is 3.99. The largest absolute Gasteiger partial charge is 0.497 e. The number of carbonyl (C=O) groups excluding carboxylic acids is 2. The molecule has 0 saturated carbocycles. The average molecular weight is 482 g/mol. The van der Waals surface area contributed by atoms with Gasteiger partial charge in [-0.1, -0.05) is 0 Å². The summed E-state index contributed by atoms with van der Waals surface area (Å²) >= 11 is 1.56. The van der Waals surface area contributed by atoms with Crippen molar-refractivity contribution in [3.8, 4) is 22.8 Å². The first-order valence-electron chi connectivity index (χ1n) is 10.9. The first-order valence-corrected chi connectivity index (χ1v) is 11.8. The fourth-order valence-corrected chi connectivity index (χ4v) is 4.49. The van der Waals surface area contributed by atoms with Crippen molar-refractivity contribution >= 4 is 34.5 Å². The van der Waals surface area contributed by atoms with E-state index in [9.17, 15) is 9.59 Å². The van der Waals surface area contributed by atoms with E-state index in [0.29, 0.717) is 29.5 Å². The van der Waals surface area contributed by atoms with Gasteiger partial charge in [0.05, 0.1) is 30.1 Å². The molecule has 1 aliphatic heterocycles. The van der Waals surface area contributed by atoms with Crippen LogP contribution in [0.25, 0.3) is 11.3 Å². The maximum Gasteiger partial charge on any atom is 0.268 e. The molecule has 0 spiro atoms. The lowest BCUT2D eigenvalue weighted by atomic mass is 10.1. The summed E-state index contributed by atoms with van der Waals surface area (Å²) in [6, 6.07) is 11.9. The van der Waals surface area contributed by atoms with E-state index in [1.807, 2.05) is 23.6 Å². The van der Waals surface area contributed by atoms with Crippen LogP contribution in [0, 0.1) is 0 Å². The molecule has 0 radical (unpaired) electrons. The highest BCUT2D eigenvalue weighted by molar-refractivity contribution is 7.09. The molecule has 1 aromatic heterocycles. The van der Waals surface area contributed by atoms with Gasteiger partial charge in [-0.05, 0) is 56.3 Å². The predicted octanol–water partition coefficient (Wildman–Crippen LogP) is 4.15. The fraction of sp³-hybridized carbons (Fsp3) is 0.320. The van der Waals surface area contributed by atoms with Crippen LogP contribution in [0.5, 0.6) is 11.5 Å². The van der Waals surface area contributed by atoms with E-state index >= 15 is 0 Å². The van der Waals surface area contributed by atoms with E-state index in [1.54, 1.807) is 63.7 Å². The number of rotatable bonds is 8. The minimum absolute atomic E-state index is 0.277. The zero-order valence-electron chi connectivity index (χ0n) is 19.5. The number of carbonyl (C=O) groups is 2. The van der Waals surface area contributed by atoms with Gasteiger partial charge in [0.25, 0.3) is 5.91 Å². The van der Waals surface area contributed by atoms with Crippen LogP contribution in [0.3, 0.4) is 0 Å². The maximum atomic E-state index is 13.1. The number of fused-ring (bicyclic) bond motifs is 1. The van der Waals surface area contributed by atoms with Crippen molar-refractivity contribution < 1.29 is 23.8 Å². The van der Waals surface area contributed by atoms with Gasteiger partial charge in [-0.3, -0.25) is 14.5 Å². The average Bonchev–Trinajstić information content (AvgIpc) is 3.32. The zero-order valence-corrected chi connectivity index (χ0v) is 20.3. The number of methoxy groups -OCH3 is 2. The molecule has 178 valence electrons. The van der Waals surface area contributed by atoms with Gasteiger partial charge in [0, 0.05) is 30.2 Å². The number of aromatic nitrogens is 1. The molecule has 2 amide bonds. The van der Waals surface area contributed by atoms with Gasteiger partial charge < -0.3 is 19.5 Å². The van der Waals surface area contributed by atoms with Gasteiger partial charge in [0.1, 0.15) is 17.5 Å². The number of hydrogen-bond donors (Lipinski definition) is 1. The zero-order chi connectivity index (χ0) is 24.2. The Bertz CT molecular complexity index is 1180. The molecule has 0 fully saturated rings. The Labute approximate surface area is 202 Å². The Morgan fingerprint density at radius 2 is 2.00 bits per heavy atom. The Kier molecular flexibility index (Phi) is 7.14. The van der Waals surface area contributed by atoms with Gasteiger partial charge in [-0.25, -0.2) is 4.98 Å². The van der Waals surface area contributed by atoms with Crippen LogP contribution in [0.2, 0.25) is 0 Å². The number of benzene rings is 2. The normalized spacial score (nSPS) is 15.9. The molecule has 0 aliphatic carbocycles. The third kappa shape index (κ3) is 4.90. The fourth-order valence-electron chi connectivity index (χ4n) is 3.71. The van der Waals surface area contributed by atoms with Crippen molar-refractivity contribution in [3.05, 3.63) is 52.9 Å². The van der Waals surface area contributed by atoms with Crippen LogP contribution in [-0.2, 0) is 20.7 Å². The quantitative estimate of drug-likeness (QED) is 0.520. The highest BCUT2D eigenvalue weighted by atomic mass is 32.1. The topological polar surface area (TPSA) is 90.0 Å². The molecule has 1 N–H and O–H groups in total. The maximum absolute atomic E-state index is 13.1. The summed E-state index contributed by atoms with van der Waals surface area (Å²) in [6.07, 6.45) is 0.0365. The molecule has 0 saturated heterocycles. The molecular weight excluding hydrogens is 454 g/mol. The highest BCUT2D eigenvalue weighted by Gasteiger charge is 2.37. The van der Waals surface area contributed by atoms with E-state index < -0.39 is 12.1 Å². The Balaban J connectivity index is 1.61. The molecular formula is C25H27N3O5S. The molecule has 2 unspecified atom stereocenters. The minimum Gasteiger partial charge on any atom is -0.497 e. The van der Waals surface area contributed by atoms with Crippen LogP contribution in [0.15, 0.2) is 47.8 Å². The van der Waals surface area contributed by atoms with E-state index in [2.05, 4.69) is 10.3 Å². The van der Waals surface area contributed by atoms with Gasteiger partial charge >= 0.3 is 0 Å². The Hall–Kier alpha value is -3.43. The number of nitrogens with zero attached hydrogens (tertiary/aromatic N) is 2. The Morgan fingerprint density at radius 1 is 1.24 bits per heavy atom. The second kappa shape index (κ2) is 10.2. The van der Waals surface area contributed by atoms with Crippen LogP contribution < -0.4 is 19.7 Å². The number of nitrogens with one attached hydrogen (secondary N) is 1. The molecule has 2 atom stereocenters. The van der Waals surface area contributed by atoms with Crippen molar-refractivity contribution in [1.29, 1.82) is 0 Å². The van der Waals surface area contributed by atoms with Crippen molar-refractivity contribution in [2.24, 2.45) is 0 Å². The molecule has 8 nitrogen and oxygen atoms in total. The lowest BCUT2D eigenvalue weighted by Crippen LogP contribution is -2.52. The molecule has 2 aromatic carbocycles. The second-order valence-electron chi connectivity index (χ2n) is 7.91. The van der Waals surface area contributed by atoms with Crippen LogP contribution in [0.1, 0.15) is 18.9 Å². The lowest BCUT2D eigenvalue weighted by molar-refractivity contribution is -0.128. The third-order valence-corrected chi connectivity index (χ3v) is 6.51. The molecule has 0 bridgehead atoms. The number of ether oxygens (including phenoxy) is 3. The minimum atomic E-state index is -0.761. The van der Waals surface area contributed by atoms with E-state index in [4.69, 9.17) is 14.2 Å². The first-order chi connectivity index (χ1) is 16.4. The SMILES string of the molecule is COCCc1nc(-c2ccc3c(c2)N(C(C)C(=O)Nc2ccc(OC)cc2)C(=O)C(C)O3)cs1. The molecule has 3 aromatic rings.